The van der Waals surface area contributed by atoms with Crippen LogP contribution in [0.5, 0.6) is 0 Å². The van der Waals surface area contributed by atoms with Gasteiger partial charge >= 0.3 is 12.1 Å². The number of ether oxygens (including phenoxy) is 1. The highest BCUT2D eigenvalue weighted by molar-refractivity contribution is 5.75. The summed E-state index contributed by atoms with van der Waals surface area (Å²) in [5.74, 6) is -0.633. The standard InChI is InChI=1S/C10H10F3NO2/c1-16-8(15)5-6-3-2-4-7(9(6)14)10(11,12)13/h2-4H,5,14H2,1H3. The largest absolute Gasteiger partial charge is 0.469 e. The minimum atomic E-state index is -4.52. The molecule has 0 saturated heterocycles. The molecule has 0 heterocycles. The number of carbonyl (C=O) groups is 1. The van der Waals surface area contributed by atoms with E-state index in [9.17, 15) is 18.0 Å². The second-order valence-electron chi connectivity index (χ2n) is 3.13. The van der Waals surface area contributed by atoms with Crippen LogP contribution in [0.1, 0.15) is 11.1 Å². The third kappa shape index (κ3) is 2.65. The molecule has 0 aromatic heterocycles. The monoisotopic (exact) mass is 233 g/mol. The van der Waals surface area contributed by atoms with Gasteiger partial charge < -0.3 is 10.5 Å². The van der Waals surface area contributed by atoms with Crippen molar-refractivity contribution >= 4 is 11.7 Å². The second-order valence-corrected chi connectivity index (χ2v) is 3.13. The predicted molar refractivity (Wildman–Crippen MR) is 51.6 cm³/mol. The lowest BCUT2D eigenvalue weighted by molar-refractivity contribution is -0.140. The van der Waals surface area contributed by atoms with Crippen molar-refractivity contribution in [1.29, 1.82) is 0 Å². The number of hydrogen-bond acceptors (Lipinski definition) is 3. The van der Waals surface area contributed by atoms with E-state index in [4.69, 9.17) is 5.73 Å². The molecular weight excluding hydrogens is 223 g/mol. The number of anilines is 1. The van der Waals surface area contributed by atoms with E-state index in [-0.39, 0.29) is 12.0 Å². The average Bonchev–Trinajstić information content (AvgIpc) is 2.19. The fourth-order valence-corrected chi connectivity index (χ4v) is 1.24. The molecule has 0 radical (unpaired) electrons. The zero-order valence-corrected chi connectivity index (χ0v) is 8.47. The minimum absolute atomic E-state index is 0.113. The van der Waals surface area contributed by atoms with Crippen LogP contribution in [0.3, 0.4) is 0 Å². The van der Waals surface area contributed by atoms with Crippen molar-refractivity contribution in [1.82, 2.24) is 0 Å². The molecule has 1 aromatic carbocycles. The Hall–Kier alpha value is -1.72. The van der Waals surface area contributed by atoms with Gasteiger partial charge in [0, 0.05) is 5.69 Å². The molecule has 0 bridgehead atoms. The van der Waals surface area contributed by atoms with Crippen LogP contribution in [0.4, 0.5) is 18.9 Å². The number of hydrogen-bond donors (Lipinski definition) is 1. The summed E-state index contributed by atoms with van der Waals surface area (Å²) >= 11 is 0. The Kier molecular flexibility index (Phi) is 3.41. The summed E-state index contributed by atoms with van der Waals surface area (Å²) in [5, 5.41) is 0. The molecule has 0 amide bonds. The molecule has 3 nitrogen and oxygen atoms in total. The van der Waals surface area contributed by atoms with Gasteiger partial charge in [0.25, 0.3) is 0 Å². The summed E-state index contributed by atoms with van der Waals surface area (Å²) < 4.78 is 41.7. The summed E-state index contributed by atoms with van der Waals surface area (Å²) in [4.78, 5) is 10.9. The Morgan fingerprint density at radius 1 is 1.44 bits per heavy atom. The Labute approximate surface area is 90.0 Å². The molecule has 0 unspecified atom stereocenters. The predicted octanol–water partition coefficient (Wildman–Crippen LogP) is 2.00. The normalized spacial score (nSPS) is 11.2. The molecule has 0 atom stereocenters. The van der Waals surface area contributed by atoms with Gasteiger partial charge in [0.2, 0.25) is 0 Å². The molecule has 0 aliphatic heterocycles. The highest BCUT2D eigenvalue weighted by Crippen LogP contribution is 2.35. The van der Waals surface area contributed by atoms with E-state index in [1.54, 1.807) is 0 Å². The van der Waals surface area contributed by atoms with Crippen LogP contribution in [-0.2, 0) is 22.1 Å². The number of rotatable bonds is 2. The molecule has 16 heavy (non-hydrogen) atoms. The van der Waals surface area contributed by atoms with Crippen molar-refractivity contribution in [3.05, 3.63) is 29.3 Å². The van der Waals surface area contributed by atoms with E-state index in [2.05, 4.69) is 4.74 Å². The lowest BCUT2D eigenvalue weighted by Crippen LogP contribution is -2.13. The van der Waals surface area contributed by atoms with E-state index in [0.717, 1.165) is 13.2 Å². The number of para-hydroxylation sites is 1. The van der Waals surface area contributed by atoms with E-state index in [1.807, 2.05) is 0 Å². The number of nitrogen functional groups attached to an aromatic ring is 1. The van der Waals surface area contributed by atoms with Crippen molar-refractivity contribution in [2.24, 2.45) is 0 Å². The molecule has 1 aromatic rings. The highest BCUT2D eigenvalue weighted by atomic mass is 19.4. The molecule has 6 heteroatoms. The number of methoxy groups -OCH3 is 1. The summed E-state index contributed by atoms with van der Waals surface area (Å²) in [6, 6.07) is 3.44. The van der Waals surface area contributed by atoms with Gasteiger partial charge in [-0.1, -0.05) is 12.1 Å². The van der Waals surface area contributed by atoms with Crippen LogP contribution in [0.15, 0.2) is 18.2 Å². The Balaban J connectivity index is 3.09. The van der Waals surface area contributed by atoms with Gasteiger partial charge in [-0.05, 0) is 11.6 Å². The zero-order valence-electron chi connectivity index (χ0n) is 8.47. The fraction of sp³-hybridized carbons (Fsp3) is 0.300. The first-order chi connectivity index (χ1) is 7.36. The molecule has 88 valence electrons. The lowest BCUT2D eigenvalue weighted by atomic mass is 10.0. The van der Waals surface area contributed by atoms with Gasteiger partial charge in [-0.2, -0.15) is 13.2 Å². The molecule has 2 N–H and O–H groups in total. The summed E-state index contributed by atoms with van der Waals surface area (Å²) in [7, 11) is 1.16. The SMILES string of the molecule is COC(=O)Cc1cccc(C(F)(F)F)c1N. The Bertz CT molecular complexity index is 402. The molecule has 0 saturated carbocycles. The smallest absolute Gasteiger partial charge is 0.418 e. The maximum atomic E-state index is 12.5. The number of esters is 1. The topological polar surface area (TPSA) is 52.3 Å². The number of alkyl halides is 3. The third-order valence-electron chi connectivity index (χ3n) is 2.06. The first-order valence-corrected chi connectivity index (χ1v) is 4.37. The van der Waals surface area contributed by atoms with E-state index in [1.165, 1.54) is 12.1 Å². The quantitative estimate of drug-likeness (QED) is 0.627. The van der Waals surface area contributed by atoms with Gasteiger partial charge in [-0.3, -0.25) is 4.79 Å². The van der Waals surface area contributed by atoms with Crippen LogP contribution in [0, 0.1) is 0 Å². The second kappa shape index (κ2) is 4.42. The van der Waals surface area contributed by atoms with E-state index >= 15 is 0 Å². The number of nitrogens with two attached hydrogens (primary N) is 1. The van der Waals surface area contributed by atoms with E-state index < -0.39 is 23.4 Å². The molecule has 0 aliphatic rings. The van der Waals surface area contributed by atoms with Gasteiger partial charge in [0.05, 0.1) is 19.1 Å². The van der Waals surface area contributed by atoms with Crippen LogP contribution in [0.25, 0.3) is 0 Å². The van der Waals surface area contributed by atoms with Crippen molar-refractivity contribution in [2.45, 2.75) is 12.6 Å². The maximum Gasteiger partial charge on any atom is 0.418 e. The van der Waals surface area contributed by atoms with Crippen molar-refractivity contribution in [2.75, 3.05) is 12.8 Å². The first kappa shape index (κ1) is 12.4. The van der Waals surface area contributed by atoms with Crippen LogP contribution in [-0.4, -0.2) is 13.1 Å². The number of benzene rings is 1. The number of carbonyl (C=O) groups excluding carboxylic acids is 1. The maximum absolute atomic E-state index is 12.5. The third-order valence-corrected chi connectivity index (χ3v) is 2.06. The zero-order chi connectivity index (χ0) is 12.3. The summed E-state index contributed by atoms with van der Waals surface area (Å²) in [6.07, 6.45) is -4.79. The Morgan fingerprint density at radius 3 is 2.56 bits per heavy atom. The van der Waals surface area contributed by atoms with Gasteiger partial charge in [0.1, 0.15) is 0 Å². The summed E-state index contributed by atoms with van der Waals surface area (Å²) in [5.41, 5.74) is 4.09. The summed E-state index contributed by atoms with van der Waals surface area (Å²) in [6.45, 7) is 0. The highest BCUT2D eigenvalue weighted by Gasteiger charge is 2.33. The van der Waals surface area contributed by atoms with Gasteiger partial charge in [0.15, 0.2) is 0 Å². The lowest BCUT2D eigenvalue weighted by Gasteiger charge is -2.12. The average molecular weight is 233 g/mol. The molecule has 1 rings (SSSR count). The van der Waals surface area contributed by atoms with Crippen molar-refractivity contribution in [3.63, 3.8) is 0 Å². The Morgan fingerprint density at radius 2 is 2.06 bits per heavy atom. The van der Waals surface area contributed by atoms with Gasteiger partial charge in [-0.15, -0.1) is 0 Å². The number of halogens is 3. The van der Waals surface area contributed by atoms with Crippen LogP contribution >= 0.6 is 0 Å². The molecule has 0 aliphatic carbocycles. The molecule has 0 spiro atoms. The minimum Gasteiger partial charge on any atom is -0.469 e. The van der Waals surface area contributed by atoms with Crippen molar-refractivity contribution in [3.8, 4) is 0 Å². The van der Waals surface area contributed by atoms with Crippen LogP contribution in [0.2, 0.25) is 0 Å². The first-order valence-electron chi connectivity index (χ1n) is 4.37. The van der Waals surface area contributed by atoms with Gasteiger partial charge in [-0.25, -0.2) is 0 Å². The fourth-order valence-electron chi connectivity index (χ4n) is 1.24. The van der Waals surface area contributed by atoms with E-state index in [0.29, 0.717) is 0 Å². The molecular formula is C10H10F3NO2. The molecule has 0 fully saturated rings. The van der Waals surface area contributed by atoms with Crippen LogP contribution < -0.4 is 5.73 Å². The van der Waals surface area contributed by atoms with Crippen molar-refractivity contribution < 1.29 is 22.7 Å².